The van der Waals surface area contributed by atoms with Crippen LogP contribution in [0, 0.1) is 17.0 Å². The number of esters is 1. The van der Waals surface area contributed by atoms with Gasteiger partial charge in [-0.25, -0.2) is 9.79 Å². The van der Waals surface area contributed by atoms with Crippen molar-refractivity contribution in [2.75, 3.05) is 6.61 Å². The fourth-order valence-corrected chi connectivity index (χ4v) is 5.91. The number of nitro groups is 1. The number of nitrogens with zero attached hydrogens (tertiary/aromatic N) is 3. The van der Waals surface area contributed by atoms with Gasteiger partial charge in [-0.05, 0) is 62.2 Å². The van der Waals surface area contributed by atoms with E-state index in [4.69, 9.17) is 9.15 Å². The zero-order chi connectivity index (χ0) is 27.8. The Bertz CT molecular complexity index is 1850. The molecule has 0 unspecified atom stereocenters. The minimum Gasteiger partial charge on any atom is -0.463 e. The van der Waals surface area contributed by atoms with Crippen molar-refractivity contribution >= 4 is 45.0 Å². The van der Waals surface area contributed by atoms with E-state index in [-0.39, 0.29) is 23.4 Å². The van der Waals surface area contributed by atoms with Crippen molar-refractivity contribution < 1.29 is 18.9 Å². The van der Waals surface area contributed by atoms with Crippen molar-refractivity contribution in [3.05, 3.63) is 117 Å². The van der Waals surface area contributed by atoms with E-state index >= 15 is 0 Å². The van der Waals surface area contributed by atoms with Crippen LogP contribution in [0.3, 0.4) is 0 Å². The fraction of sp³-hybridized carbons (Fsp3) is 0.179. The lowest BCUT2D eigenvalue weighted by molar-refractivity contribution is -0.384. The molecule has 0 N–H and O–H groups in total. The molecule has 0 bridgehead atoms. The number of ether oxygens (including phenoxy) is 1. The third kappa shape index (κ3) is 5.02. The second kappa shape index (κ2) is 10.6. The molecular formula is C28H22BrN3O6S. The molecule has 0 saturated carbocycles. The molecule has 0 aliphatic carbocycles. The number of hydrogen-bond acceptors (Lipinski definition) is 8. The highest BCUT2D eigenvalue weighted by molar-refractivity contribution is 9.10. The Balaban J connectivity index is 1.70. The number of carbonyl (C=O) groups is 1. The smallest absolute Gasteiger partial charge is 0.338 e. The first kappa shape index (κ1) is 26.5. The summed E-state index contributed by atoms with van der Waals surface area (Å²) in [4.78, 5) is 42.7. The number of carbonyl (C=O) groups excluding carboxylic acids is 1. The number of aromatic nitrogens is 1. The molecule has 0 amide bonds. The molecule has 5 rings (SSSR count). The number of thiazole rings is 1. The zero-order valence-electron chi connectivity index (χ0n) is 21.1. The van der Waals surface area contributed by atoms with Crippen LogP contribution in [0.1, 0.15) is 36.8 Å². The Morgan fingerprint density at radius 1 is 1.23 bits per heavy atom. The number of rotatable bonds is 6. The van der Waals surface area contributed by atoms with E-state index in [1.165, 1.54) is 28.0 Å². The van der Waals surface area contributed by atoms with Gasteiger partial charge < -0.3 is 9.15 Å². The Kier molecular flexibility index (Phi) is 7.19. The minimum absolute atomic E-state index is 0.0722. The predicted molar refractivity (Wildman–Crippen MR) is 150 cm³/mol. The Morgan fingerprint density at radius 2 is 2.03 bits per heavy atom. The molecule has 39 heavy (non-hydrogen) atoms. The van der Waals surface area contributed by atoms with E-state index < -0.39 is 16.9 Å². The number of fused-ring (bicyclic) bond motifs is 1. The molecule has 9 nitrogen and oxygen atoms in total. The molecule has 0 saturated heterocycles. The molecule has 0 radical (unpaired) electrons. The molecule has 11 heteroatoms. The molecule has 198 valence electrons. The summed E-state index contributed by atoms with van der Waals surface area (Å²) in [5.41, 5.74) is 2.34. The summed E-state index contributed by atoms with van der Waals surface area (Å²) in [6, 6.07) is 14.5. The minimum atomic E-state index is -0.933. The van der Waals surface area contributed by atoms with Crippen LogP contribution in [0.25, 0.3) is 17.4 Å². The van der Waals surface area contributed by atoms with Crippen molar-refractivity contribution in [3.8, 4) is 11.3 Å². The van der Waals surface area contributed by atoms with Gasteiger partial charge in [0.1, 0.15) is 17.6 Å². The second-order valence-corrected chi connectivity index (χ2v) is 10.7. The van der Waals surface area contributed by atoms with Crippen LogP contribution in [0.2, 0.25) is 0 Å². The number of aryl methyl sites for hydroxylation is 1. The molecule has 1 atom stereocenters. The predicted octanol–water partition coefficient (Wildman–Crippen LogP) is 5.04. The van der Waals surface area contributed by atoms with E-state index in [2.05, 4.69) is 20.9 Å². The van der Waals surface area contributed by atoms with Gasteiger partial charge in [-0.2, -0.15) is 0 Å². The number of halogens is 1. The molecule has 0 spiro atoms. The number of nitro benzene ring substituents is 1. The van der Waals surface area contributed by atoms with Crippen LogP contribution in [0.4, 0.5) is 5.69 Å². The van der Waals surface area contributed by atoms with Crippen LogP contribution in [0.5, 0.6) is 0 Å². The van der Waals surface area contributed by atoms with Crippen LogP contribution in [0.15, 0.2) is 84.5 Å². The van der Waals surface area contributed by atoms with Gasteiger partial charge >= 0.3 is 5.97 Å². The first-order valence-electron chi connectivity index (χ1n) is 12.0. The van der Waals surface area contributed by atoms with E-state index in [1.807, 2.05) is 31.2 Å². The van der Waals surface area contributed by atoms with Gasteiger partial charge in [-0.15, -0.1) is 0 Å². The number of furan rings is 1. The van der Waals surface area contributed by atoms with Crippen molar-refractivity contribution in [1.29, 1.82) is 0 Å². The Hall–Kier alpha value is -4.09. The summed E-state index contributed by atoms with van der Waals surface area (Å²) in [7, 11) is 0. The van der Waals surface area contributed by atoms with E-state index in [1.54, 1.807) is 38.1 Å². The van der Waals surface area contributed by atoms with Gasteiger partial charge in [0.2, 0.25) is 0 Å². The molecule has 1 aliphatic heterocycles. The van der Waals surface area contributed by atoms with Crippen molar-refractivity contribution in [1.82, 2.24) is 4.57 Å². The quantitative estimate of drug-likeness (QED) is 0.172. The number of benzene rings is 2. The van der Waals surface area contributed by atoms with Gasteiger partial charge in [0, 0.05) is 22.2 Å². The molecule has 0 fully saturated rings. The maximum absolute atomic E-state index is 13.7. The molecule has 2 aromatic heterocycles. The lowest BCUT2D eigenvalue weighted by Crippen LogP contribution is -2.39. The average Bonchev–Trinajstić information content (AvgIpc) is 3.48. The highest BCUT2D eigenvalue weighted by Crippen LogP contribution is 2.36. The highest BCUT2D eigenvalue weighted by Gasteiger charge is 2.35. The molecule has 4 aromatic rings. The summed E-state index contributed by atoms with van der Waals surface area (Å²) >= 11 is 4.66. The van der Waals surface area contributed by atoms with Crippen LogP contribution in [-0.2, 0) is 9.53 Å². The number of non-ortho nitro benzene ring substituents is 1. The average molecular weight is 608 g/mol. The molecular weight excluding hydrogens is 586 g/mol. The first-order valence-corrected chi connectivity index (χ1v) is 13.6. The van der Waals surface area contributed by atoms with Crippen LogP contribution in [-0.4, -0.2) is 22.1 Å². The second-order valence-electron chi connectivity index (χ2n) is 8.82. The van der Waals surface area contributed by atoms with Crippen molar-refractivity contribution in [2.45, 2.75) is 26.8 Å². The van der Waals surface area contributed by atoms with Gasteiger partial charge in [0.25, 0.3) is 11.2 Å². The monoisotopic (exact) mass is 607 g/mol. The fourth-order valence-electron chi connectivity index (χ4n) is 4.44. The van der Waals surface area contributed by atoms with E-state index in [0.29, 0.717) is 32.1 Å². The van der Waals surface area contributed by atoms with Gasteiger partial charge in [0.15, 0.2) is 4.80 Å². The number of hydrogen-bond donors (Lipinski definition) is 0. The largest absolute Gasteiger partial charge is 0.463 e. The maximum atomic E-state index is 13.7. The summed E-state index contributed by atoms with van der Waals surface area (Å²) < 4.78 is 14.3. The van der Waals surface area contributed by atoms with Gasteiger partial charge in [-0.1, -0.05) is 45.5 Å². The summed E-state index contributed by atoms with van der Waals surface area (Å²) in [5.74, 6) is 0.0817. The first-order chi connectivity index (χ1) is 18.7. The standard InChI is InChI=1S/C28H22BrN3O6S/c1-4-37-27(34)24-16(3)30-28-31(26(33)23(39-28)13-17-6-5-7-18(29)12-17)25(24)22-11-10-21(38-22)20-14-19(32(35)36)9-8-15(20)2/h5-14,25H,4H2,1-3H3/b23-13-/t25-/m1/s1. The topological polar surface area (TPSA) is 117 Å². The Labute approximate surface area is 234 Å². The third-order valence-corrected chi connectivity index (χ3v) is 7.73. The third-order valence-electron chi connectivity index (χ3n) is 6.26. The highest BCUT2D eigenvalue weighted by atomic mass is 79.9. The van der Waals surface area contributed by atoms with Crippen molar-refractivity contribution in [2.24, 2.45) is 4.99 Å². The summed E-state index contributed by atoms with van der Waals surface area (Å²) in [6.07, 6.45) is 1.77. The normalized spacial score (nSPS) is 15.2. The molecule has 3 heterocycles. The lowest BCUT2D eigenvalue weighted by atomic mass is 10.0. The lowest BCUT2D eigenvalue weighted by Gasteiger charge is -2.22. The van der Waals surface area contributed by atoms with Crippen LogP contribution >= 0.6 is 27.3 Å². The summed E-state index contributed by atoms with van der Waals surface area (Å²) in [5, 5.41) is 11.4. The van der Waals surface area contributed by atoms with Crippen molar-refractivity contribution in [3.63, 3.8) is 0 Å². The van der Waals surface area contributed by atoms with Gasteiger partial charge in [0.05, 0.1) is 27.3 Å². The SMILES string of the molecule is CCOC(=O)C1=C(C)N=c2s/c(=C\c3cccc(Br)c3)c(=O)n2[C@@H]1c1ccc(-c2cc([N+](=O)[O-])ccc2C)o1. The Morgan fingerprint density at radius 3 is 2.74 bits per heavy atom. The zero-order valence-corrected chi connectivity index (χ0v) is 23.5. The molecule has 1 aliphatic rings. The van der Waals surface area contributed by atoms with E-state index in [9.17, 15) is 19.7 Å². The van der Waals surface area contributed by atoms with E-state index in [0.717, 1.165) is 15.6 Å². The maximum Gasteiger partial charge on any atom is 0.338 e. The summed E-state index contributed by atoms with van der Waals surface area (Å²) in [6.45, 7) is 5.36. The number of allylic oxidation sites excluding steroid dienone is 1. The molecule has 2 aromatic carbocycles. The van der Waals surface area contributed by atoms with Crippen LogP contribution < -0.4 is 14.9 Å². The van der Waals surface area contributed by atoms with Gasteiger partial charge in [-0.3, -0.25) is 19.5 Å².